The van der Waals surface area contributed by atoms with E-state index in [0.717, 1.165) is 23.3 Å². The van der Waals surface area contributed by atoms with Crippen molar-refractivity contribution < 1.29 is 27.2 Å². The van der Waals surface area contributed by atoms with Gasteiger partial charge < -0.3 is 10.2 Å². The third kappa shape index (κ3) is 4.53. The van der Waals surface area contributed by atoms with Gasteiger partial charge in [0.2, 0.25) is 11.8 Å². The SMILES string of the molecule is CC(=O)N1CCc2c(ccc(Cl)c2NC(=O)Cc2cccc(C(F)(F)F)c2F)C1. The lowest BCUT2D eigenvalue weighted by Crippen LogP contribution is -2.34. The molecule has 2 aromatic rings. The second kappa shape index (κ2) is 8.02. The summed E-state index contributed by atoms with van der Waals surface area (Å²) in [4.78, 5) is 25.7. The van der Waals surface area contributed by atoms with E-state index in [1.54, 1.807) is 17.0 Å². The van der Waals surface area contributed by atoms with Crippen molar-refractivity contribution in [1.82, 2.24) is 4.90 Å². The molecular formula is C20H17ClF4N2O2. The Hall–Kier alpha value is -2.61. The van der Waals surface area contributed by atoms with Gasteiger partial charge in [0.1, 0.15) is 5.82 Å². The number of halogens is 5. The van der Waals surface area contributed by atoms with Gasteiger partial charge in [0.25, 0.3) is 0 Å². The summed E-state index contributed by atoms with van der Waals surface area (Å²) in [6, 6.07) is 6.15. The van der Waals surface area contributed by atoms with Crippen LogP contribution in [0.3, 0.4) is 0 Å². The number of hydrogen-bond donors (Lipinski definition) is 1. The minimum atomic E-state index is -4.85. The fourth-order valence-electron chi connectivity index (χ4n) is 3.32. The first-order valence-corrected chi connectivity index (χ1v) is 9.16. The van der Waals surface area contributed by atoms with E-state index < -0.39 is 29.9 Å². The number of hydrogen-bond acceptors (Lipinski definition) is 2. The van der Waals surface area contributed by atoms with Gasteiger partial charge in [0, 0.05) is 20.0 Å². The van der Waals surface area contributed by atoms with Crippen molar-refractivity contribution in [1.29, 1.82) is 0 Å². The van der Waals surface area contributed by atoms with E-state index in [1.165, 1.54) is 6.92 Å². The average molecular weight is 429 g/mol. The van der Waals surface area contributed by atoms with E-state index in [1.807, 2.05) is 0 Å². The molecule has 3 rings (SSSR count). The van der Waals surface area contributed by atoms with Crippen LogP contribution in [0.5, 0.6) is 0 Å². The van der Waals surface area contributed by atoms with Crippen LogP contribution in [-0.4, -0.2) is 23.3 Å². The number of alkyl halides is 3. The van der Waals surface area contributed by atoms with E-state index in [-0.39, 0.29) is 16.5 Å². The van der Waals surface area contributed by atoms with Gasteiger partial charge in [-0.25, -0.2) is 4.39 Å². The number of carbonyl (C=O) groups is 2. The topological polar surface area (TPSA) is 49.4 Å². The third-order valence-corrected chi connectivity index (χ3v) is 5.11. The number of carbonyl (C=O) groups excluding carboxylic acids is 2. The van der Waals surface area contributed by atoms with E-state index in [9.17, 15) is 27.2 Å². The Labute approximate surface area is 169 Å². The minimum absolute atomic E-state index is 0.0730. The summed E-state index contributed by atoms with van der Waals surface area (Å²) in [5.74, 6) is -2.22. The number of nitrogens with one attached hydrogen (secondary N) is 1. The third-order valence-electron chi connectivity index (χ3n) is 4.80. The Morgan fingerprint density at radius 2 is 1.93 bits per heavy atom. The second-order valence-corrected chi connectivity index (χ2v) is 7.16. The molecule has 0 bridgehead atoms. The number of anilines is 1. The van der Waals surface area contributed by atoms with Gasteiger partial charge in [-0.1, -0.05) is 29.8 Å². The van der Waals surface area contributed by atoms with Gasteiger partial charge in [-0.15, -0.1) is 0 Å². The van der Waals surface area contributed by atoms with Gasteiger partial charge >= 0.3 is 6.18 Å². The van der Waals surface area contributed by atoms with E-state index in [0.29, 0.717) is 31.3 Å². The first-order valence-electron chi connectivity index (χ1n) is 8.78. The van der Waals surface area contributed by atoms with E-state index in [2.05, 4.69) is 5.32 Å². The number of nitrogens with zero attached hydrogens (tertiary/aromatic N) is 1. The van der Waals surface area contributed by atoms with Crippen molar-refractivity contribution >= 4 is 29.1 Å². The molecule has 2 amide bonds. The molecule has 0 saturated heterocycles. The van der Waals surface area contributed by atoms with Crippen LogP contribution in [-0.2, 0) is 35.2 Å². The van der Waals surface area contributed by atoms with Crippen molar-refractivity contribution in [3.63, 3.8) is 0 Å². The summed E-state index contributed by atoms with van der Waals surface area (Å²) in [6.45, 7) is 2.29. The summed E-state index contributed by atoms with van der Waals surface area (Å²) >= 11 is 6.21. The average Bonchev–Trinajstić information content (AvgIpc) is 2.64. The van der Waals surface area contributed by atoms with Crippen LogP contribution in [0.15, 0.2) is 30.3 Å². The maximum Gasteiger partial charge on any atom is 0.419 e. The molecule has 9 heteroatoms. The molecule has 0 aromatic heterocycles. The molecule has 1 aliphatic rings. The van der Waals surface area contributed by atoms with Gasteiger partial charge in [0.05, 0.1) is 22.7 Å². The maximum absolute atomic E-state index is 14.2. The molecule has 0 saturated carbocycles. The largest absolute Gasteiger partial charge is 0.419 e. The number of fused-ring (bicyclic) bond motifs is 1. The lowest BCUT2D eigenvalue weighted by Gasteiger charge is -2.29. The summed E-state index contributed by atoms with van der Waals surface area (Å²) in [7, 11) is 0. The molecule has 1 N–H and O–H groups in total. The summed E-state index contributed by atoms with van der Waals surface area (Å²) in [6.07, 6.45) is -4.96. The minimum Gasteiger partial charge on any atom is -0.338 e. The van der Waals surface area contributed by atoms with Crippen LogP contribution in [0, 0.1) is 5.82 Å². The lowest BCUT2D eigenvalue weighted by atomic mass is 9.97. The molecule has 0 spiro atoms. The maximum atomic E-state index is 14.2. The van der Waals surface area contributed by atoms with Crippen molar-refractivity contribution in [2.24, 2.45) is 0 Å². The highest BCUT2D eigenvalue weighted by Gasteiger charge is 2.35. The molecule has 1 heterocycles. The fraction of sp³-hybridized carbons (Fsp3) is 0.300. The Morgan fingerprint density at radius 1 is 1.21 bits per heavy atom. The Kier molecular flexibility index (Phi) is 5.84. The first kappa shape index (κ1) is 21.1. The highest BCUT2D eigenvalue weighted by molar-refractivity contribution is 6.34. The molecule has 154 valence electrons. The van der Waals surface area contributed by atoms with E-state index in [4.69, 9.17) is 11.6 Å². The van der Waals surface area contributed by atoms with E-state index >= 15 is 0 Å². The summed E-state index contributed by atoms with van der Waals surface area (Å²) in [5, 5.41) is 2.86. The van der Waals surface area contributed by atoms with Gasteiger partial charge in [-0.3, -0.25) is 9.59 Å². The fourth-order valence-corrected chi connectivity index (χ4v) is 3.55. The zero-order chi connectivity index (χ0) is 21.3. The normalized spacial score (nSPS) is 13.8. The van der Waals surface area contributed by atoms with Crippen LogP contribution >= 0.6 is 11.6 Å². The molecule has 0 atom stereocenters. The summed E-state index contributed by atoms with van der Waals surface area (Å²) in [5.41, 5.74) is 0.136. The predicted octanol–water partition coefficient (Wildman–Crippen LogP) is 4.58. The number of rotatable bonds is 3. The molecule has 0 aliphatic carbocycles. The molecule has 29 heavy (non-hydrogen) atoms. The standard InChI is InChI=1S/C20H17ClF4N2O2/c1-11(28)27-8-7-14-13(10-27)5-6-16(21)19(14)26-17(29)9-12-3-2-4-15(18(12)22)20(23,24)25/h2-6H,7-10H2,1H3,(H,26,29). The lowest BCUT2D eigenvalue weighted by molar-refractivity contribution is -0.140. The van der Waals surface area contributed by atoms with Crippen LogP contribution < -0.4 is 5.32 Å². The highest BCUT2D eigenvalue weighted by Crippen LogP contribution is 2.34. The number of benzene rings is 2. The van der Waals surface area contributed by atoms with Crippen LogP contribution in [0.2, 0.25) is 5.02 Å². The second-order valence-electron chi connectivity index (χ2n) is 6.75. The van der Waals surface area contributed by atoms with Crippen LogP contribution in [0.4, 0.5) is 23.2 Å². The van der Waals surface area contributed by atoms with Crippen molar-refractivity contribution in [2.75, 3.05) is 11.9 Å². The summed E-state index contributed by atoms with van der Waals surface area (Å²) < 4.78 is 52.7. The van der Waals surface area contributed by atoms with Gasteiger partial charge in [-0.05, 0) is 35.2 Å². The van der Waals surface area contributed by atoms with Crippen LogP contribution in [0.25, 0.3) is 0 Å². The smallest absolute Gasteiger partial charge is 0.338 e. The Morgan fingerprint density at radius 3 is 2.59 bits per heavy atom. The zero-order valence-corrected chi connectivity index (χ0v) is 16.1. The van der Waals surface area contributed by atoms with Crippen molar-refractivity contribution in [3.8, 4) is 0 Å². The molecule has 4 nitrogen and oxygen atoms in total. The van der Waals surface area contributed by atoms with Crippen molar-refractivity contribution in [2.45, 2.75) is 32.5 Å². The van der Waals surface area contributed by atoms with Crippen molar-refractivity contribution in [3.05, 3.63) is 63.4 Å². The Balaban J connectivity index is 1.82. The highest BCUT2D eigenvalue weighted by atomic mass is 35.5. The predicted molar refractivity (Wildman–Crippen MR) is 100.0 cm³/mol. The van der Waals surface area contributed by atoms with Gasteiger partial charge in [-0.2, -0.15) is 13.2 Å². The first-order chi connectivity index (χ1) is 13.6. The molecule has 0 fully saturated rings. The quantitative estimate of drug-likeness (QED) is 0.727. The molecule has 0 unspecified atom stereocenters. The number of amides is 2. The monoisotopic (exact) mass is 428 g/mol. The Bertz CT molecular complexity index is 976. The molecule has 0 radical (unpaired) electrons. The van der Waals surface area contributed by atoms with Crippen LogP contribution in [0.1, 0.15) is 29.2 Å². The molecular weight excluding hydrogens is 412 g/mol. The molecule has 2 aromatic carbocycles. The van der Waals surface area contributed by atoms with Gasteiger partial charge in [0.15, 0.2) is 0 Å². The zero-order valence-electron chi connectivity index (χ0n) is 15.4. The molecule has 1 aliphatic heterocycles.